The van der Waals surface area contributed by atoms with E-state index in [1.54, 1.807) is 24.3 Å². The molecule has 5 heteroatoms. The van der Waals surface area contributed by atoms with Gasteiger partial charge in [0.05, 0.1) is 12.0 Å². The smallest absolute Gasteiger partial charge is 0.306 e. The molecule has 1 aromatic rings. The molecule has 5 nitrogen and oxygen atoms in total. The summed E-state index contributed by atoms with van der Waals surface area (Å²) in [5.74, 6) is -0.547. The maximum absolute atomic E-state index is 12.1. The molecule has 0 radical (unpaired) electrons. The van der Waals surface area contributed by atoms with Gasteiger partial charge in [0.25, 0.3) is 5.91 Å². The minimum absolute atomic E-state index is 0.0507. The summed E-state index contributed by atoms with van der Waals surface area (Å²) in [6.07, 6.45) is 1.95. The molecule has 0 spiro atoms. The fourth-order valence-corrected chi connectivity index (χ4v) is 2.56. The van der Waals surface area contributed by atoms with Crippen molar-refractivity contribution in [3.63, 3.8) is 0 Å². The molecule has 0 bridgehead atoms. The van der Waals surface area contributed by atoms with E-state index in [4.69, 9.17) is 9.84 Å². The summed E-state index contributed by atoms with van der Waals surface area (Å²) >= 11 is 0. The van der Waals surface area contributed by atoms with Gasteiger partial charge in [-0.25, -0.2) is 0 Å². The Labute approximate surface area is 124 Å². The normalized spacial score (nSPS) is 21.3. The van der Waals surface area contributed by atoms with Crippen molar-refractivity contribution in [1.82, 2.24) is 5.32 Å². The zero-order valence-electron chi connectivity index (χ0n) is 12.3. The second kappa shape index (κ2) is 6.61. The maximum Gasteiger partial charge on any atom is 0.306 e. The fourth-order valence-electron chi connectivity index (χ4n) is 2.56. The third kappa shape index (κ3) is 4.21. The Morgan fingerprint density at radius 3 is 2.43 bits per heavy atom. The van der Waals surface area contributed by atoms with Crippen molar-refractivity contribution in [3.05, 3.63) is 29.8 Å². The van der Waals surface area contributed by atoms with Crippen LogP contribution in [-0.2, 0) is 4.79 Å². The lowest BCUT2D eigenvalue weighted by atomic mass is 10.1. The highest BCUT2D eigenvalue weighted by Crippen LogP contribution is 2.26. The number of amides is 1. The average molecular weight is 291 g/mol. The number of nitrogens with one attached hydrogen (secondary N) is 1. The first-order valence-corrected chi connectivity index (χ1v) is 7.26. The highest BCUT2D eigenvalue weighted by molar-refractivity contribution is 5.94. The lowest BCUT2D eigenvalue weighted by molar-refractivity contribution is -0.141. The molecule has 2 atom stereocenters. The topological polar surface area (TPSA) is 75.6 Å². The Kier molecular flexibility index (Phi) is 4.83. The van der Waals surface area contributed by atoms with Crippen molar-refractivity contribution in [3.8, 4) is 5.75 Å². The Morgan fingerprint density at radius 2 is 1.90 bits per heavy atom. The van der Waals surface area contributed by atoms with Crippen molar-refractivity contribution < 1.29 is 19.4 Å². The molecule has 1 aliphatic rings. The van der Waals surface area contributed by atoms with Crippen LogP contribution in [0.5, 0.6) is 5.75 Å². The first kappa shape index (κ1) is 15.4. The summed E-state index contributed by atoms with van der Waals surface area (Å²) in [5, 5.41) is 11.9. The van der Waals surface area contributed by atoms with E-state index < -0.39 is 5.97 Å². The zero-order valence-corrected chi connectivity index (χ0v) is 12.3. The van der Waals surface area contributed by atoms with Gasteiger partial charge in [0.2, 0.25) is 0 Å². The van der Waals surface area contributed by atoms with Crippen LogP contribution in [0.4, 0.5) is 0 Å². The van der Waals surface area contributed by atoms with Crippen molar-refractivity contribution in [2.75, 3.05) is 0 Å². The van der Waals surface area contributed by atoms with Gasteiger partial charge in [0.1, 0.15) is 5.75 Å². The van der Waals surface area contributed by atoms with Crippen molar-refractivity contribution >= 4 is 11.9 Å². The summed E-state index contributed by atoms with van der Waals surface area (Å²) in [6.45, 7) is 3.89. The first-order chi connectivity index (χ1) is 9.95. The molecule has 2 unspecified atom stereocenters. The highest BCUT2D eigenvalue weighted by atomic mass is 16.5. The van der Waals surface area contributed by atoms with Gasteiger partial charge in [-0.05, 0) is 57.4 Å². The largest absolute Gasteiger partial charge is 0.491 e. The van der Waals surface area contributed by atoms with Crippen LogP contribution >= 0.6 is 0 Å². The van der Waals surface area contributed by atoms with E-state index >= 15 is 0 Å². The minimum Gasteiger partial charge on any atom is -0.491 e. The molecule has 1 fully saturated rings. The van der Waals surface area contributed by atoms with E-state index in [2.05, 4.69) is 5.32 Å². The van der Waals surface area contributed by atoms with E-state index in [1.165, 1.54) is 0 Å². The standard InChI is InChI=1S/C16H21NO4/c1-10(2)21-14-7-4-11(5-8-14)15(18)17-13-6-3-12(9-13)16(19)20/h4-5,7-8,10,12-13H,3,6,9H2,1-2H3,(H,17,18)(H,19,20). The number of hydrogen-bond donors (Lipinski definition) is 2. The van der Waals surface area contributed by atoms with Crippen LogP contribution in [0, 0.1) is 5.92 Å². The first-order valence-electron chi connectivity index (χ1n) is 7.26. The van der Waals surface area contributed by atoms with Crippen LogP contribution in [0.15, 0.2) is 24.3 Å². The van der Waals surface area contributed by atoms with Crippen molar-refractivity contribution in [2.45, 2.75) is 45.3 Å². The van der Waals surface area contributed by atoms with Gasteiger partial charge in [-0.15, -0.1) is 0 Å². The lowest BCUT2D eigenvalue weighted by Gasteiger charge is -2.13. The number of carbonyl (C=O) groups excluding carboxylic acids is 1. The van der Waals surface area contributed by atoms with E-state index in [0.29, 0.717) is 18.4 Å². The molecular formula is C16H21NO4. The van der Waals surface area contributed by atoms with E-state index in [1.807, 2.05) is 13.8 Å². The number of rotatable bonds is 5. The SMILES string of the molecule is CC(C)Oc1ccc(C(=O)NC2CCC(C(=O)O)C2)cc1. The summed E-state index contributed by atoms with van der Waals surface area (Å²) in [4.78, 5) is 23.0. The predicted molar refractivity (Wildman–Crippen MR) is 78.4 cm³/mol. The van der Waals surface area contributed by atoms with Crippen molar-refractivity contribution in [2.24, 2.45) is 5.92 Å². The second-order valence-corrected chi connectivity index (χ2v) is 5.71. The summed E-state index contributed by atoms with van der Waals surface area (Å²) < 4.78 is 5.53. The molecule has 0 aromatic heterocycles. The Bertz CT molecular complexity index is 510. The number of hydrogen-bond acceptors (Lipinski definition) is 3. The molecule has 0 aliphatic heterocycles. The molecule has 1 amide bonds. The molecule has 1 saturated carbocycles. The predicted octanol–water partition coefficient (Wildman–Crippen LogP) is 2.46. The number of aliphatic carboxylic acids is 1. The van der Waals surface area contributed by atoms with Gasteiger partial charge in [-0.2, -0.15) is 0 Å². The lowest BCUT2D eigenvalue weighted by Crippen LogP contribution is -2.33. The quantitative estimate of drug-likeness (QED) is 0.873. The van der Waals surface area contributed by atoms with Gasteiger partial charge < -0.3 is 15.2 Å². The van der Waals surface area contributed by atoms with Gasteiger partial charge in [-0.3, -0.25) is 9.59 Å². The van der Waals surface area contributed by atoms with Crippen LogP contribution in [0.3, 0.4) is 0 Å². The fraction of sp³-hybridized carbons (Fsp3) is 0.500. The van der Waals surface area contributed by atoms with Crippen LogP contribution in [0.2, 0.25) is 0 Å². The molecule has 0 heterocycles. The third-order valence-electron chi connectivity index (χ3n) is 3.61. The maximum atomic E-state index is 12.1. The summed E-state index contributed by atoms with van der Waals surface area (Å²) in [7, 11) is 0. The number of carboxylic acids is 1. The monoisotopic (exact) mass is 291 g/mol. The Balaban J connectivity index is 1.90. The van der Waals surface area contributed by atoms with Gasteiger partial charge in [-0.1, -0.05) is 0 Å². The van der Waals surface area contributed by atoms with Crippen LogP contribution in [0.25, 0.3) is 0 Å². The number of carboxylic acid groups (broad SMARTS) is 1. The molecule has 1 aromatic carbocycles. The molecule has 2 N–H and O–H groups in total. The highest BCUT2D eigenvalue weighted by Gasteiger charge is 2.30. The van der Waals surface area contributed by atoms with E-state index in [-0.39, 0.29) is 24.0 Å². The second-order valence-electron chi connectivity index (χ2n) is 5.71. The molecule has 114 valence electrons. The van der Waals surface area contributed by atoms with E-state index in [9.17, 15) is 9.59 Å². The number of benzene rings is 1. The molecule has 1 aliphatic carbocycles. The minimum atomic E-state index is -0.776. The third-order valence-corrected chi connectivity index (χ3v) is 3.61. The van der Waals surface area contributed by atoms with Crippen LogP contribution in [-0.4, -0.2) is 29.1 Å². The molecule has 2 rings (SSSR count). The number of carbonyl (C=O) groups is 2. The number of ether oxygens (including phenoxy) is 1. The average Bonchev–Trinajstić information content (AvgIpc) is 2.87. The van der Waals surface area contributed by atoms with E-state index in [0.717, 1.165) is 12.2 Å². The zero-order chi connectivity index (χ0) is 15.4. The van der Waals surface area contributed by atoms with Crippen LogP contribution < -0.4 is 10.1 Å². The Morgan fingerprint density at radius 1 is 1.24 bits per heavy atom. The van der Waals surface area contributed by atoms with Crippen LogP contribution in [0.1, 0.15) is 43.5 Å². The summed E-state index contributed by atoms with van der Waals surface area (Å²) in [5.41, 5.74) is 0.560. The molecule has 0 saturated heterocycles. The van der Waals surface area contributed by atoms with Gasteiger partial charge in [0, 0.05) is 11.6 Å². The molecule has 21 heavy (non-hydrogen) atoms. The summed E-state index contributed by atoms with van der Waals surface area (Å²) in [6, 6.07) is 6.92. The van der Waals surface area contributed by atoms with Gasteiger partial charge >= 0.3 is 5.97 Å². The van der Waals surface area contributed by atoms with Crippen molar-refractivity contribution in [1.29, 1.82) is 0 Å². The van der Waals surface area contributed by atoms with Gasteiger partial charge in [0.15, 0.2) is 0 Å². The Hall–Kier alpha value is -2.04. The molecular weight excluding hydrogens is 270 g/mol.